The Bertz CT molecular complexity index is 1550. The number of benzene rings is 2. The maximum absolute atomic E-state index is 13.8. The fourth-order valence-corrected chi connectivity index (χ4v) is 6.52. The van der Waals surface area contributed by atoms with Gasteiger partial charge in [-0.15, -0.1) is 0 Å². The van der Waals surface area contributed by atoms with Crippen LogP contribution in [0, 0.1) is 17.0 Å². The van der Waals surface area contributed by atoms with Crippen LogP contribution in [-0.2, 0) is 28.2 Å². The van der Waals surface area contributed by atoms with Crippen LogP contribution in [0.3, 0.4) is 0 Å². The normalized spacial score (nSPS) is 22.3. The van der Waals surface area contributed by atoms with E-state index in [0.29, 0.717) is 25.7 Å². The smallest absolute Gasteiger partial charge is 0.469 e. The van der Waals surface area contributed by atoms with Crippen LogP contribution in [0.5, 0.6) is 11.5 Å². The van der Waals surface area contributed by atoms with Gasteiger partial charge in [0.15, 0.2) is 13.2 Å². The number of nitrogens with one attached hydrogen (secondary N) is 2. The predicted molar refractivity (Wildman–Crippen MR) is 165 cm³/mol. The Balaban J connectivity index is 1.45. The molecule has 0 aliphatic heterocycles. The van der Waals surface area contributed by atoms with Gasteiger partial charge >= 0.3 is 13.8 Å². The summed E-state index contributed by atoms with van der Waals surface area (Å²) in [6.07, 6.45) is 0.369. The molecule has 2 bridgehead atoms. The third-order valence-electron chi connectivity index (χ3n) is 8.13. The zero-order chi connectivity index (χ0) is 34.6. The Labute approximate surface area is 279 Å². The van der Waals surface area contributed by atoms with Crippen molar-refractivity contribution in [1.29, 1.82) is 0 Å². The molecule has 3 aliphatic rings. The molecular formula is C30H35Cl2F2N2O10P. The zero-order valence-electron chi connectivity index (χ0n) is 25.5. The Morgan fingerprint density at radius 3 is 1.91 bits per heavy atom. The molecule has 3 aliphatic carbocycles. The van der Waals surface area contributed by atoms with Crippen molar-refractivity contribution in [2.45, 2.75) is 69.6 Å². The van der Waals surface area contributed by atoms with Crippen LogP contribution in [0.2, 0.25) is 10.0 Å². The molecule has 1 atom stereocenters. The summed E-state index contributed by atoms with van der Waals surface area (Å²) in [6, 6.07) is 7.52. The number of phosphoric ester groups is 1. The Morgan fingerprint density at radius 1 is 0.915 bits per heavy atom. The van der Waals surface area contributed by atoms with Gasteiger partial charge < -0.3 is 34.6 Å². The molecule has 5 rings (SSSR count). The molecule has 4 N–H and O–H groups in total. The van der Waals surface area contributed by atoms with Gasteiger partial charge in [0.05, 0.1) is 28.6 Å². The van der Waals surface area contributed by atoms with Crippen LogP contribution in [-0.4, -0.2) is 64.6 Å². The van der Waals surface area contributed by atoms with Crippen molar-refractivity contribution in [2.75, 3.05) is 19.8 Å². The summed E-state index contributed by atoms with van der Waals surface area (Å²) in [5, 5.41) is 5.70. The summed E-state index contributed by atoms with van der Waals surface area (Å²) in [5.74, 6) is -2.99. The largest absolute Gasteiger partial charge is 0.484 e. The lowest BCUT2D eigenvalue weighted by molar-refractivity contribution is -0.169. The van der Waals surface area contributed by atoms with E-state index in [4.69, 9.17) is 47.2 Å². The molecule has 12 nitrogen and oxygen atoms in total. The fourth-order valence-electron chi connectivity index (χ4n) is 5.76. The van der Waals surface area contributed by atoms with Gasteiger partial charge in [-0.05, 0) is 55.4 Å². The van der Waals surface area contributed by atoms with E-state index in [1.165, 1.54) is 24.3 Å². The molecule has 258 valence electrons. The highest BCUT2D eigenvalue weighted by Crippen LogP contribution is 2.49. The van der Waals surface area contributed by atoms with Gasteiger partial charge in [-0.3, -0.25) is 18.9 Å². The van der Waals surface area contributed by atoms with E-state index in [-0.39, 0.29) is 34.4 Å². The number of phosphoric acid groups is 1. The molecular weight excluding hydrogens is 688 g/mol. The zero-order valence-corrected chi connectivity index (χ0v) is 27.9. The molecule has 0 unspecified atom stereocenters. The van der Waals surface area contributed by atoms with Gasteiger partial charge in [0.2, 0.25) is 0 Å². The molecule has 2 aromatic carbocycles. The molecule has 0 heterocycles. The van der Waals surface area contributed by atoms with Crippen molar-refractivity contribution in [3.05, 3.63) is 58.1 Å². The molecule has 3 fully saturated rings. The first kappa shape index (κ1) is 36.8. The van der Waals surface area contributed by atoms with E-state index < -0.39 is 79.7 Å². The molecule has 0 spiro atoms. The van der Waals surface area contributed by atoms with E-state index in [0.717, 1.165) is 12.1 Å². The van der Waals surface area contributed by atoms with Crippen LogP contribution in [0.15, 0.2) is 36.4 Å². The molecule has 47 heavy (non-hydrogen) atoms. The molecule has 0 aromatic heterocycles. The number of hydrogen-bond acceptors (Lipinski definition) is 8. The lowest BCUT2D eigenvalue weighted by atomic mass is 9.59. The quantitative estimate of drug-likeness (QED) is 0.156. The number of carbonyl (C=O) groups is 3. The van der Waals surface area contributed by atoms with E-state index in [1.807, 2.05) is 0 Å². The number of esters is 1. The molecule has 17 heteroatoms. The van der Waals surface area contributed by atoms with Gasteiger partial charge in [0.25, 0.3) is 11.8 Å². The molecule has 0 saturated heterocycles. The number of hydrogen-bond donors (Lipinski definition) is 4. The van der Waals surface area contributed by atoms with Crippen molar-refractivity contribution in [2.24, 2.45) is 5.41 Å². The van der Waals surface area contributed by atoms with Crippen LogP contribution in [0.4, 0.5) is 8.78 Å². The fraction of sp³-hybridized carbons (Fsp3) is 0.500. The molecule has 0 radical (unpaired) electrons. The van der Waals surface area contributed by atoms with Crippen LogP contribution in [0.25, 0.3) is 0 Å². The van der Waals surface area contributed by atoms with Gasteiger partial charge in [-0.2, -0.15) is 0 Å². The first-order valence-corrected chi connectivity index (χ1v) is 16.8. The Morgan fingerprint density at radius 2 is 1.43 bits per heavy atom. The number of fused-ring (bicyclic) bond motifs is 3. The minimum Gasteiger partial charge on any atom is -0.484 e. The van der Waals surface area contributed by atoms with Gasteiger partial charge in [0.1, 0.15) is 29.2 Å². The Kier molecular flexibility index (Phi) is 11.5. The second-order valence-corrected chi connectivity index (χ2v) is 14.6. The maximum atomic E-state index is 13.8. The van der Waals surface area contributed by atoms with Crippen molar-refractivity contribution in [3.63, 3.8) is 0 Å². The number of rotatable bonds is 14. The summed E-state index contributed by atoms with van der Waals surface area (Å²) >= 11 is 11.4. The second kappa shape index (κ2) is 14.6. The van der Waals surface area contributed by atoms with Crippen molar-refractivity contribution < 1.29 is 56.3 Å². The average molecular weight is 723 g/mol. The summed E-state index contributed by atoms with van der Waals surface area (Å²) < 4.78 is 60.1. The molecule has 3 saturated carbocycles. The topological polar surface area (TPSA) is 170 Å². The SMILES string of the molecule is CC(C)(COP(=O)(O)O)CC(=O)O[C@@H]1CC2(NC(=O)COc3ccc(Cl)c(F)c3)CCC1(NC(=O)COc1ccc(Cl)c(F)c1)CC2. The summed E-state index contributed by atoms with van der Waals surface area (Å²) in [6.45, 7) is 1.81. The summed E-state index contributed by atoms with van der Waals surface area (Å²) in [7, 11) is -4.78. The lowest BCUT2D eigenvalue weighted by Gasteiger charge is -2.57. The highest BCUT2D eigenvalue weighted by molar-refractivity contribution is 7.46. The third-order valence-corrected chi connectivity index (χ3v) is 9.21. The minimum absolute atomic E-state index is 0.0832. The van der Waals surface area contributed by atoms with E-state index in [9.17, 15) is 27.7 Å². The second-order valence-electron chi connectivity index (χ2n) is 12.5. The Hall–Kier alpha value is -3.00. The number of halogens is 4. The van der Waals surface area contributed by atoms with E-state index >= 15 is 0 Å². The van der Waals surface area contributed by atoms with Crippen LogP contribution < -0.4 is 20.1 Å². The van der Waals surface area contributed by atoms with Crippen molar-refractivity contribution >= 4 is 48.8 Å². The monoisotopic (exact) mass is 722 g/mol. The predicted octanol–water partition coefficient (Wildman–Crippen LogP) is 4.85. The standard InChI is InChI=1S/C30H35Cl2F2N2O10P/c1-28(2,17-45-47(40,41)42)14-27(39)46-24-13-29(35-25(37)15-43-18-3-5-20(31)22(33)11-18)7-9-30(24,10-8-29)36-26(38)16-44-19-4-6-21(32)23(34)12-19/h3-6,11-12,24H,7-10,13-17H2,1-2H3,(H,35,37)(H,36,38)(H2,40,41,42)/t24-,29?,30?/m1/s1. The van der Waals surface area contributed by atoms with E-state index in [2.05, 4.69) is 15.2 Å². The number of amides is 2. The average Bonchev–Trinajstić information content (AvgIpc) is 2.98. The molecule has 2 amide bonds. The highest BCUT2D eigenvalue weighted by Gasteiger charge is 2.57. The van der Waals surface area contributed by atoms with Gasteiger partial charge in [0, 0.05) is 24.1 Å². The van der Waals surface area contributed by atoms with Crippen LogP contribution in [0.1, 0.15) is 52.4 Å². The van der Waals surface area contributed by atoms with Crippen molar-refractivity contribution in [1.82, 2.24) is 10.6 Å². The van der Waals surface area contributed by atoms with Gasteiger partial charge in [-0.25, -0.2) is 13.3 Å². The molecule has 2 aromatic rings. The summed E-state index contributed by atoms with van der Waals surface area (Å²) in [4.78, 5) is 57.3. The van der Waals surface area contributed by atoms with Crippen LogP contribution >= 0.6 is 31.0 Å². The van der Waals surface area contributed by atoms with E-state index in [1.54, 1.807) is 13.8 Å². The first-order valence-electron chi connectivity index (χ1n) is 14.6. The third kappa shape index (κ3) is 10.2. The van der Waals surface area contributed by atoms with Crippen molar-refractivity contribution in [3.8, 4) is 11.5 Å². The first-order chi connectivity index (χ1) is 21.9. The summed E-state index contributed by atoms with van der Waals surface area (Å²) in [5.41, 5.74) is -2.87. The number of ether oxygens (including phenoxy) is 3. The maximum Gasteiger partial charge on any atom is 0.469 e. The van der Waals surface area contributed by atoms with Gasteiger partial charge in [-0.1, -0.05) is 37.0 Å². The highest BCUT2D eigenvalue weighted by atomic mass is 35.5. The minimum atomic E-state index is -4.78. The number of carbonyl (C=O) groups excluding carboxylic acids is 3. The lowest BCUT2D eigenvalue weighted by Crippen LogP contribution is -2.71.